The molecule has 0 bridgehead atoms. The first-order chi connectivity index (χ1) is 8.25. The highest BCUT2D eigenvalue weighted by molar-refractivity contribution is 6.30. The molecular weight excluding hydrogens is 235 g/mol. The molecule has 0 heterocycles. The molecule has 0 aliphatic rings. The van der Waals surface area contributed by atoms with Crippen LogP contribution in [0.1, 0.15) is 17.5 Å². The number of aryl methyl sites for hydroxylation is 2. The molecule has 0 saturated heterocycles. The Labute approximate surface area is 106 Å². The standard InChI is InChI=1S/C15H14ClF/c16-14-11-13(9-10-15(14)17)8-4-7-12-5-2-1-3-6-12/h1-3,5-6,9-11H,4,7-8H2. The molecule has 0 aliphatic heterocycles. The van der Waals surface area contributed by atoms with E-state index in [2.05, 4.69) is 12.1 Å². The maximum atomic E-state index is 13.0. The van der Waals surface area contributed by atoms with Gasteiger partial charge in [-0.3, -0.25) is 0 Å². The maximum absolute atomic E-state index is 13.0. The first-order valence-corrected chi connectivity index (χ1v) is 6.11. The minimum Gasteiger partial charge on any atom is -0.205 e. The number of rotatable bonds is 4. The molecule has 2 aromatic carbocycles. The Bertz CT molecular complexity index is 480. The van der Waals surface area contributed by atoms with Gasteiger partial charge in [0.05, 0.1) is 5.02 Å². The van der Waals surface area contributed by atoms with Crippen LogP contribution in [0.3, 0.4) is 0 Å². The van der Waals surface area contributed by atoms with Crippen LogP contribution in [0.4, 0.5) is 4.39 Å². The largest absolute Gasteiger partial charge is 0.205 e. The molecular formula is C15H14ClF. The number of benzene rings is 2. The van der Waals surface area contributed by atoms with Gasteiger partial charge in [-0.25, -0.2) is 4.39 Å². The third kappa shape index (κ3) is 3.57. The number of hydrogen-bond acceptors (Lipinski definition) is 0. The van der Waals surface area contributed by atoms with Gasteiger partial charge in [0.15, 0.2) is 0 Å². The Morgan fingerprint density at radius 2 is 1.59 bits per heavy atom. The summed E-state index contributed by atoms with van der Waals surface area (Å²) in [6, 6.07) is 15.3. The number of halogens is 2. The molecule has 17 heavy (non-hydrogen) atoms. The van der Waals surface area contributed by atoms with Gasteiger partial charge in [0.1, 0.15) is 5.82 Å². The molecule has 0 aliphatic carbocycles. The molecule has 0 radical (unpaired) electrons. The molecule has 0 aromatic heterocycles. The average molecular weight is 249 g/mol. The Morgan fingerprint density at radius 1 is 0.882 bits per heavy atom. The van der Waals surface area contributed by atoms with Crippen LogP contribution in [-0.4, -0.2) is 0 Å². The van der Waals surface area contributed by atoms with Crippen molar-refractivity contribution < 1.29 is 4.39 Å². The average Bonchev–Trinajstić information content (AvgIpc) is 2.35. The third-order valence-electron chi connectivity index (χ3n) is 2.76. The van der Waals surface area contributed by atoms with Crippen molar-refractivity contribution in [2.75, 3.05) is 0 Å². The first-order valence-electron chi connectivity index (χ1n) is 5.73. The minimum absolute atomic E-state index is 0.210. The zero-order chi connectivity index (χ0) is 12.1. The van der Waals surface area contributed by atoms with Crippen LogP contribution >= 0.6 is 11.6 Å². The van der Waals surface area contributed by atoms with E-state index in [-0.39, 0.29) is 10.8 Å². The van der Waals surface area contributed by atoms with Gasteiger partial charge in [0.2, 0.25) is 0 Å². The lowest BCUT2D eigenvalue weighted by atomic mass is 10.0. The fraction of sp³-hybridized carbons (Fsp3) is 0.200. The third-order valence-corrected chi connectivity index (χ3v) is 3.05. The van der Waals surface area contributed by atoms with E-state index in [9.17, 15) is 4.39 Å². The molecule has 0 unspecified atom stereocenters. The van der Waals surface area contributed by atoms with Crippen LogP contribution in [0.25, 0.3) is 0 Å². The minimum atomic E-state index is -0.349. The van der Waals surface area contributed by atoms with Gasteiger partial charge in [0.25, 0.3) is 0 Å². The quantitative estimate of drug-likeness (QED) is 0.739. The van der Waals surface area contributed by atoms with E-state index in [0.717, 1.165) is 24.8 Å². The van der Waals surface area contributed by atoms with Crippen LogP contribution in [-0.2, 0) is 12.8 Å². The lowest BCUT2D eigenvalue weighted by Gasteiger charge is -2.03. The van der Waals surface area contributed by atoms with Gasteiger partial charge in [-0.05, 0) is 42.5 Å². The van der Waals surface area contributed by atoms with Crippen molar-refractivity contribution in [3.8, 4) is 0 Å². The van der Waals surface area contributed by atoms with Crippen LogP contribution in [0.5, 0.6) is 0 Å². The molecule has 2 aromatic rings. The Balaban J connectivity index is 1.88. The van der Waals surface area contributed by atoms with E-state index >= 15 is 0 Å². The van der Waals surface area contributed by atoms with Crippen molar-refractivity contribution in [3.63, 3.8) is 0 Å². The Morgan fingerprint density at radius 3 is 2.29 bits per heavy atom. The zero-order valence-corrected chi connectivity index (χ0v) is 10.3. The predicted molar refractivity (Wildman–Crippen MR) is 69.9 cm³/mol. The zero-order valence-electron chi connectivity index (χ0n) is 9.50. The van der Waals surface area contributed by atoms with Gasteiger partial charge < -0.3 is 0 Å². The van der Waals surface area contributed by atoms with Crippen LogP contribution in [0, 0.1) is 5.82 Å². The summed E-state index contributed by atoms with van der Waals surface area (Å²) < 4.78 is 13.0. The van der Waals surface area contributed by atoms with E-state index < -0.39 is 0 Å². The topological polar surface area (TPSA) is 0 Å². The van der Waals surface area contributed by atoms with E-state index in [0.29, 0.717) is 0 Å². The van der Waals surface area contributed by atoms with Gasteiger partial charge in [0, 0.05) is 0 Å². The molecule has 0 saturated carbocycles. The second kappa shape index (κ2) is 5.83. The fourth-order valence-electron chi connectivity index (χ4n) is 1.84. The van der Waals surface area contributed by atoms with Gasteiger partial charge in [-0.2, -0.15) is 0 Å². The predicted octanol–water partition coefficient (Wildman–Crippen LogP) is 4.65. The molecule has 0 fully saturated rings. The molecule has 0 amide bonds. The Kier molecular flexibility index (Phi) is 4.16. The molecule has 88 valence electrons. The summed E-state index contributed by atoms with van der Waals surface area (Å²) >= 11 is 5.73. The summed E-state index contributed by atoms with van der Waals surface area (Å²) in [5.41, 5.74) is 2.42. The maximum Gasteiger partial charge on any atom is 0.141 e. The van der Waals surface area contributed by atoms with Crippen LogP contribution < -0.4 is 0 Å². The van der Waals surface area contributed by atoms with Crippen molar-refractivity contribution in [3.05, 3.63) is 70.5 Å². The molecule has 2 rings (SSSR count). The molecule has 0 nitrogen and oxygen atoms in total. The fourth-order valence-corrected chi connectivity index (χ4v) is 2.04. The normalized spacial score (nSPS) is 10.5. The number of hydrogen-bond donors (Lipinski definition) is 0. The van der Waals surface area contributed by atoms with Gasteiger partial charge >= 0.3 is 0 Å². The molecule has 0 spiro atoms. The van der Waals surface area contributed by atoms with Crippen LogP contribution in [0.2, 0.25) is 5.02 Å². The van der Waals surface area contributed by atoms with Crippen molar-refractivity contribution in [2.45, 2.75) is 19.3 Å². The lowest BCUT2D eigenvalue weighted by Crippen LogP contribution is -1.90. The van der Waals surface area contributed by atoms with Gasteiger partial charge in [-0.1, -0.05) is 48.0 Å². The Hall–Kier alpha value is -1.34. The highest BCUT2D eigenvalue weighted by Crippen LogP contribution is 2.17. The highest BCUT2D eigenvalue weighted by Gasteiger charge is 2.01. The highest BCUT2D eigenvalue weighted by atomic mass is 35.5. The van der Waals surface area contributed by atoms with Crippen molar-refractivity contribution >= 4 is 11.6 Å². The van der Waals surface area contributed by atoms with Gasteiger partial charge in [-0.15, -0.1) is 0 Å². The van der Waals surface area contributed by atoms with E-state index in [1.54, 1.807) is 12.1 Å². The lowest BCUT2D eigenvalue weighted by molar-refractivity contribution is 0.627. The van der Waals surface area contributed by atoms with E-state index in [1.165, 1.54) is 11.6 Å². The second-order valence-electron chi connectivity index (χ2n) is 4.09. The second-order valence-corrected chi connectivity index (χ2v) is 4.49. The summed E-state index contributed by atoms with van der Waals surface area (Å²) in [7, 11) is 0. The molecule has 0 atom stereocenters. The van der Waals surface area contributed by atoms with Crippen LogP contribution in [0.15, 0.2) is 48.5 Å². The summed E-state index contributed by atoms with van der Waals surface area (Å²) in [6.45, 7) is 0. The summed E-state index contributed by atoms with van der Waals surface area (Å²) in [5.74, 6) is -0.349. The first kappa shape index (κ1) is 12.1. The molecule has 0 N–H and O–H groups in total. The SMILES string of the molecule is Fc1ccc(CCCc2ccccc2)cc1Cl. The summed E-state index contributed by atoms with van der Waals surface area (Å²) in [5, 5.41) is 0.210. The summed E-state index contributed by atoms with van der Waals surface area (Å²) in [6.07, 6.45) is 3.01. The van der Waals surface area contributed by atoms with Crippen molar-refractivity contribution in [2.24, 2.45) is 0 Å². The molecule has 2 heteroatoms. The van der Waals surface area contributed by atoms with E-state index in [1.807, 2.05) is 18.2 Å². The van der Waals surface area contributed by atoms with E-state index in [4.69, 9.17) is 11.6 Å². The smallest absolute Gasteiger partial charge is 0.141 e. The van der Waals surface area contributed by atoms with Crippen molar-refractivity contribution in [1.29, 1.82) is 0 Å². The monoisotopic (exact) mass is 248 g/mol. The summed E-state index contributed by atoms with van der Waals surface area (Å²) in [4.78, 5) is 0. The van der Waals surface area contributed by atoms with Crippen molar-refractivity contribution in [1.82, 2.24) is 0 Å².